The maximum absolute atomic E-state index is 6.01. The van der Waals surface area contributed by atoms with Crippen LogP contribution in [-0.2, 0) is 0 Å². The summed E-state index contributed by atoms with van der Waals surface area (Å²) in [5, 5.41) is 0. The van der Waals surface area contributed by atoms with Gasteiger partial charge in [-0.2, -0.15) is 0 Å². The van der Waals surface area contributed by atoms with E-state index in [-0.39, 0.29) is 0 Å². The molecule has 0 unspecified atom stereocenters. The van der Waals surface area contributed by atoms with Crippen molar-refractivity contribution in [2.75, 3.05) is 0 Å². The van der Waals surface area contributed by atoms with Crippen LogP contribution in [0.4, 0.5) is 0 Å². The van der Waals surface area contributed by atoms with E-state index in [4.69, 9.17) is 5.73 Å². The summed E-state index contributed by atoms with van der Waals surface area (Å²) >= 11 is 0. The monoisotopic (exact) mass is 187 g/mol. The Balaban J connectivity index is 2.30. The molecular formula is C13H17N. The van der Waals surface area contributed by atoms with Crippen molar-refractivity contribution >= 4 is 0 Å². The van der Waals surface area contributed by atoms with E-state index in [0.29, 0.717) is 5.92 Å². The summed E-state index contributed by atoms with van der Waals surface area (Å²) in [5.74, 6) is 0.644. The lowest BCUT2D eigenvalue weighted by Gasteiger charge is -2.17. The number of nitrogens with two attached hydrogens (primary N) is 1. The van der Waals surface area contributed by atoms with E-state index in [1.165, 1.54) is 11.1 Å². The highest BCUT2D eigenvalue weighted by molar-refractivity contribution is 5.51. The minimum atomic E-state index is 0.644. The Bertz CT molecular complexity index is 342. The summed E-state index contributed by atoms with van der Waals surface area (Å²) in [4.78, 5) is 0. The second-order valence-corrected chi connectivity index (χ2v) is 4.12. The van der Waals surface area contributed by atoms with Gasteiger partial charge in [-0.1, -0.05) is 37.3 Å². The van der Waals surface area contributed by atoms with Crippen molar-refractivity contribution < 1.29 is 0 Å². The molecule has 0 radical (unpaired) electrons. The number of hydrogen-bond donors (Lipinski definition) is 1. The quantitative estimate of drug-likeness (QED) is 0.670. The van der Waals surface area contributed by atoms with Crippen molar-refractivity contribution in [1.29, 1.82) is 0 Å². The Kier molecular flexibility index (Phi) is 2.58. The largest absolute Gasteiger partial charge is 0.402 e. The highest BCUT2D eigenvalue weighted by atomic mass is 14.6. The molecule has 2 aliphatic rings. The summed E-state index contributed by atoms with van der Waals surface area (Å²) in [7, 11) is 0. The molecule has 0 amide bonds. The van der Waals surface area contributed by atoms with Gasteiger partial charge in [0.2, 0.25) is 0 Å². The van der Waals surface area contributed by atoms with Gasteiger partial charge in [0.1, 0.15) is 0 Å². The van der Waals surface area contributed by atoms with E-state index in [2.05, 4.69) is 37.3 Å². The molecule has 0 heterocycles. The first-order chi connectivity index (χ1) is 6.77. The fraction of sp³-hybridized carbons (Fsp3) is 0.385. The van der Waals surface area contributed by atoms with Gasteiger partial charge >= 0.3 is 0 Å². The van der Waals surface area contributed by atoms with Crippen molar-refractivity contribution in [2.24, 2.45) is 11.7 Å². The number of rotatable bonds is 1. The molecule has 0 aromatic heterocycles. The summed E-state index contributed by atoms with van der Waals surface area (Å²) < 4.78 is 0. The Morgan fingerprint density at radius 3 is 2.86 bits per heavy atom. The normalized spacial score (nSPS) is 26.6. The fourth-order valence-electron chi connectivity index (χ4n) is 1.98. The Morgan fingerprint density at radius 1 is 1.29 bits per heavy atom. The van der Waals surface area contributed by atoms with Gasteiger partial charge in [-0.05, 0) is 36.3 Å². The zero-order valence-corrected chi connectivity index (χ0v) is 8.66. The third-order valence-corrected chi connectivity index (χ3v) is 2.79. The van der Waals surface area contributed by atoms with E-state index in [9.17, 15) is 0 Å². The second kappa shape index (κ2) is 3.87. The molecule has 2 rings (SSSR count). The minimum Gasteiger partial charge on any atom is -0.402 e. The van der Waals surface area contributed by atoms with Gasteiger partial charge in [0, 0.05) is 5.70 Å². The van der Waals surface area contributed by atoms with Crippen LogP contribution in [0.1, 0.15) is 26.2 Å². The third kappa shape index (κ3) is 1.82. The Morgan fingerprint density at radius 2 is 2.14 bits per heavy atom. The van der Waals surface area contributed by atoms with Crippen molar-refractivity contribution in [1.82, 2.24) is 0 Å². The van der Waals surface area contributed by atoms with Crippen molar-refractivity contribution in [3.8, 4) is 0 Å². The average Bonchev–Trinajstić information content (AvgIpc) is 2.18. The average molecular weight is 187 g/mol. The number of hydrogen-bond acceptors (Lipinski definition) is 1. The lowest BCUT2D eigenvalue weighted by Crippen LogP contribution is -2.07. The smallest absolute Gasteiger partial charge is 0.0163 e. The SMILES string of the molecule is C[C@@H]1C=C(C2=C(N)CCC=C2)C=CC1. The summed E-state index contributed by atoms with van der Waals surface area (Å²) in [6.07, 6.45) is 14.4. The van der Waals surface area contributed by atoms with Crippen LogP contribution < -0.4 is 5.73 Å². The molecule has 74 valence electrons. The molecule has 0 aromatic carbocycles. The lowest BCUT2D eigenvalue weighted by atomic mass is 9.90. The van der Waals surface area contributed by atoms with Crippen LogP contribution in [0.3, 0.4) is 0 Å². The molecule has 0 saturated carbocycles. The van der Waals surface area contributed by atoms with Gasteiger partial charge in [-0.25, -0.2) is 0 Å². The molecule has 0 spiro atoms. The molecule has 0 saturated heterocycles. The van der Waals surface area contributed by atoms with E-state index >= 15 is 0 Å². The first-order valence-corrected chi connectivity index (χ1v) is 5.31. The predicted octanol–water partition coefficient (Wildman–Crippen LogP) is 3.07. The van der Waals surface area contributed by atoms with Crippen LogP contribution in [0.25, 0.3) is 0 Å². The molecule has 2 N–H and O–H groups in total. The molecule has 0 fully saturated rings. The van der Waals surface area contributed by atoms with Crippen LogP contribution in [-0.4, -0.2) is 0 Å². The van der Waals surface area contributed by atoms with Gasteiger partial charge in [0.05, 0.1) is 0 Å². The second-order valence-electron chi connectivity index (χ2n) is 4.12. The van der Waals surface area contributed by atoms with Gasteiger partial charge < -0.3 is 5.73 Å². The summed E-state index contributed by atoms with van der Waals surface area (Å²) in [6, 6.07) is 0. The molecule has 14 heavy (non-hydrogen) atoms. The third-order valence-electron chi connectivity index (χ3n) is 2.79. The first-order valence-electron chi connectivity index (χ1n) is 5.31. The first kappa shape index (κ1) is 9.32. The van der Waals surface area contributed by atoms with Crippen molar-refractivity contribution in [3.63, 3.8) is 0 Å². The highest BCUT2D eigenvalue weighted by Gasteiger charge is 2.11. The van der Waals surface area contributed by atoms with Gasteiger partial charge in [-0.3, -0.25) is 0 Å². The van der Waals surface area contributed by atoms with Crippen molar-refractivity contribution in [3.05, 3.63) is 47.2 Å². The van der Waals surface area contributed by atoms with Gasteiger partial charge in [0.15, 0.2) is 0 Å². The summed E-state index contributed by atoms with van der Waals surface area (Å²) in [6.45, 7) is 2.24. The van der Waals surface area contributed by atoms with Gasteiger partial charge in [-0.15, -0.1) is 0 Å². The van der Waals surface area contributed by atoms with Crippen LogP contribution in [0.5, 0.6) is 0 Å². The number of allylic oxidation sites excluding steroid dienone is 8. The molecule has 0 aromatic rings. The van der Waals surface area contributed by atoms with Crippen molar-refractivity contribution in [2.45, 2.75) is 26.2 Å². The zero-order chi connectivity index (χ0) is 9.97. The zero-order valence-electron chi connectivity index (χ0n) is 8.66. The highest BCUT2D eigenvalue weighted by Crippen LogP contribution is 2.27. The lowest BCUT2D eigenvalue weighted by molar-refractivity contribution is 0.730. The van der Waals surface area contributed by atoms with Crippen LogP contribution in [0.2, 0.25) is 0 Å². The molecule has 0 aliphatic heterocycles. The van der Waals surface area contributed by atoms with Crippen LogP contribution in [0, 0.1) is 5.92 Å². The maximum atomic E-state index is 6.01. The van der Waals surface area contributed by atoms with E-state index < -0.39 is 0 Å². The van der Waals surface area contributed by atoms with E-state index in [0.717, 1.165) is 25.0 Å². The maximum Gasteiger partial charge on any atom is 0.0163 e. The molecule has 1 atom stereocenters. The fourth-order valence-corrected chi connectivity index (χ4v) is 1.98. The van der Waals surface area contributed by atoms with E-state index in [1.54, 1.807) is 0 Å². The topological polar surface area (TPSA) is 26.0 Å². The molecule has 0 bridgehead atoms. The van der Waals surface area contributed by atoms with Crippen LogP contribution in [0.15, 0.2) is 47.2 Å². The molecule has 1 nitrogen and oxygen atoms in total. The van der Waals surface area contributed by atoms with Crippen LogP contribution >= 0.6 is 0 Å². The predicted molar refractivity (Wildman–Crippen MR) is 60.6 cm³/mol. The molecule has 2 aliphatic carbocycles. The van der Waals surface area contributed by atoms with E-state index in [1.807, 2.05) is 0 Å². The molecular weight excluding hydrogens is 170 g/mol. The Labute approximate surface area is 85.7 Å². The Hall–Kier alpha value is -1.24. The van der Waals surface area contributed by atoms with Gasteiger partial charge in [0.25, 0.3) is 0 Å². The minimum absolute atomic E-state index is 0.644. The molecule has 1 heteroatoms. The standard InChI is InChI=1S/C13H17N/c1-10-5-4-6-11(9-10)12-7-2-3-8-13(12)14/h2,4,6-7,9-10H,3,5,8,14H2,1H3/t10-/m0/s1. The summed E-state index contributed by atoms with van der Waals surface area (Å²) in [5.41, 5.74) is 9.59.